The molecule has 0 aromatic rings. The molecule has 13 heavy (non-hydrogen) atoms. The molecule has 1 N–H and O–H groups in total. The summed E-state index contributed by atoms with van der Waals surface area (Å²) in [5.74, 6) is 0. The number of hydrogen-bond acceptors (Lipinski definition) is 1. The van der Waals surface area contributed by atoms with Gasteiger partial charge < -0.3 is 5.32 Å². The smallest absolute Gasteiger partial charge is 0.00984 e. The van der Waals surface area contributed by atoms with Crippen molar-refractivity contribution in [2.75, 3.05) is 7.05 Å². The molecule has 0 spiro atoms. The summed E-state index contributed by atoms with van der Waals surface area (Å²) in [5.41, 5.74) is 0. The van der Waals surface area contributed by atoms with Crippen LogP contribution in [0.15, 0.2) is 12.7 Å². The Bertz CT molecular complexity index is 110. The van der Waals surface area contributed by atoms with E-state index < -0.39 is 0 Å². The highest BCUT2D eigenvalue weighted by Crippen LogP contribution is 2.08. The van der Waals surface area contributed by atoms with Crippen LogP contribution in [0.3, 0.4) is 0 Å². The molecule has 1 heteroatoms. The highest BCUT2D eigenvalue weighted by molar-refractivity contribution is 4.76. The zero-order valence-electron chi connectivity index (χ0n) is 9.31. The zero-order valence-corrected chi connectivity index (χ0v) is 9.31. The lowest BCUT2D eigenvalue weighted by atomic mass is 10.0. The Morgan fingerprint density at radius 2 is 1.92 bits per heavy atom. The van der Waals surface area contributed by atoms with Crippen LogP contribution >= 0.6 is 0 Å². The highest BCUT2D eigenvalue weighted by Gasteiger charge is 2.01. The van der Waals surface area contributed by atoms with Crippen LogP contribution in [-0.2, 0) is 0 Å². The predicted molar refractivity (Wildman–Crippen MR) is 61.0 cm³/mol. The zero-order chi connectivity index (χ0) is 9.94. The molecule has 1 atom stereocenters. The number of unbranched alkanes of at least 4 members (excludes halogenated alkanes) is 4. The van der Waals surface area contributed by atoms with Gasteiger partial charge >= 0.3 is 0 Å². The van der Waals surface area contributed by atoms with E-state index in [2.05, 4.69) is 18.8 Å². The molecular formula is C12H25N. The average molecular weight is 183 g/mol. The Balaban J connectivity index is 3.22. The third-order valence-electron chi connectivity index (χ3n) is 2.52. The van der Waals surface area contributed by atoms with E-state index in [4.69, 9.17) is 0 Å². The maximum Gasteiger partial charge on any atom is 0.00984 e. The molecule has 0 aliphatic rings. The van der Waals surface area contributed by atoms with Gasteiger partial charge in [-0.25, -0.2) is 0 Å². The lowest BCUT2D eigenvalue weighted by Gasteiger charge is -2.13. The van der Waals surface area contributed by atoms with Crippen LogP contribution in [-0.4, -0.2) is 13.1 Å². The molecular weight excluding hydrogens is 158 g/mol. The molecule has 0 bridgehead atoms. The predicted octanol–water partition coefficient (Wildman–Crippen LogP) is 3.51. The van der Waals surface area contributed by atoms with Crippen molar-refractivity contribution < 1.29 is 0 Å². The summed E-state index contributed by atoms with van der Waals surface area (Å²) in [6, 6.07) is 0.652. The van der Waals surface area contributed by atoms with Crippen LogP contribution in [0, 0.1) is 0 Å². The Morgan fingerprint density at radius 1 is 1.23 bits per heavy atom. The van der Waals surface area contributed by atoms with E-state index in [1.165, 1.54) is 38.5 Å². The van der Waals surface area contributed by atoms with Crippen molar-refractivity contribution in [2.45, 2.75) is 57.9 Å². The summed E-state index contributed by atoms with van der Waals surface area (Å²) in [5, 5.41) is 3.32. The number of hydrogen-bond donors (Lipinski definition) is 1. The summed E-state index contributed by atoms with van der Waals surface area (Å²) >= 11 is 0. The van der Waals surface area contributed by atoms with Gasteiger partial charge in [0.2, 0.25) is 0 Å². The van der Waals surface area contributed by atoms with E-state index in [0.29, 0.717) is 6.04 Å². The van der Waals surface area contributed by atoms with Crippen molar-refractivity contribution >= 4 is 0 Å². The Kier molecular flexibility index (Phi) is 9.56. The van der Waals surface area contributed by atoms with E-state index in [0.717, 1.165) is 6.42 Å². The molecule has 0 saturated carbocycles. The van der Waals surface area contributed by atoms with Crippen molar-refractivity contribution in [2.24, 2.45) is 0 Å². The van der Waals surface area contributed by atoms with Crippen LogP contribution < -0.4 is 5.32 Å². The molecule has 0 radical (unpaired) electrons. The summed E-state index contributed by atoms with van der Waals surface area (Å²) < 4.78 is 0. The van der Waals surface area contributed by atoms with E-state index in [-0.39, 0.29) is 0 Å². The quantitative estimate of drug-likeness (QED) is 0.426. The normalized spacial score (nSPS) is 12.8. The minimum atomic E-state index is 0.652. The van der Waals surface area contributed by atoms with Gasteiger partial charge in [-0.15, -0.1) is 6.58 Å². The largest absolute Gasteiger partial charge is 0.317 e. The van der Waals surface area contributed by atoms with Gasteiger partial charge in [0.15, 0.2) is 0 Å². The molecule has 0 aliphatic carbocycles. The first-order valence-electron chi connectivity index (χ1n) is 5.63. The third-order valence-corrected chi connectivity index (χ3v) is 2.52. The first-order chi connectivity index (χ1) is 6.35. The molecule has 1 nitrogen and oxygen atoms in total. The summed E-state index contributed by atoms with van der Waals surface area (Å²) in [6.07, 6.45) is 11.3. The standard InChI is InChI=1S/C12H25N/c1-4-6-7-8-9-11-12(13-3)10-5-2/h5,12-13H,2,4,6-11H2,1,3H3. The molecule has 0 aromatic carbocycles. The molecule has 78 valence electrons. The second-order valence-corrected chi connectivity index (χ2v) is 3.71. The monoisotopic (exact) mass is 183 g/mol. The van der Waals surface area contributed by atoms with Crippen LogP contribution in [0.4, 0.5) is 0 Å². The van der Waals surface area contributed by atoms with Crippen molar-refractivity contribution in [3.8, 4) is 0 Å². The molecule has 0 heterocycles. The molecule has 0 aromatic heterocycles. The van der Waals surface area contributed by atoms with Gasteiger partial charge in [0.25, 0.3) is 0 Å². The van der Waals surface area contributed by atoms with Gasteiger partial charge in [0.05, 0.1) is 0 Å². The summed E-state index contributed by atoms with van der Waals surface area (Å²) in [4.78, 5) is 0. The van der Waals surface area contributed by atoms with Gasteiger partial charge in [-0.3, -0.25) is 0 Å². The summed E-state index contributed by atoms with van der Waals surface area (Å²) in [7, 11) is 2.04. The van der Waals surface area contributed by atoms with E-state index >= 15 is 0 Å². The van der Waals surface area contributed by atoms with E-state index in [1.807, 2.05) is 13.1 Å². The van der Waals surface area contributed by atoms with Crippen LogP contribution in [0.1, 0.15) is 51.9 Å². The Morgan fingerprint density at radius 3 is 2.46 bits per heavy atom. The van der Waals surface area contributed by atoms with Crippen LogP contribution in [0.25, 0.3) is 0 Å². The highest BCUT2D eigenvalue weighted by atomic mass is 14.9. The van der Waals surface area contributed by atoms with Gasteiger partial charge in [0.1, 0.15) is 0 Å². The van der Waals surface area contributed by atoms with Crippen molar-refractivity contribution in [3.63, 3.8) is 0 Å². The topological polar surface area (TPSA) is 12.0 Å². The minimum Gasteiger partial charge on any atom is -0.317 e. The second-order valence-electron chi connectivity index (χ2n) is 3.71. The Hall–Kier alpha value is -0.300. The molecule has 0 fully saturated rings. The minimum absolute atomic E-state index is 0.652. The third kappa shape index (κ3) is 8.04. The molecule has 0 rings (SSSR count). The molecule has 0 amide bonds. The second kappa shape index (κ2) is 9.79. The SMILES string of the molecule is C=CCC(CCCCCCC)NC. The van der Waals surface area contributed by atoms with E-state index in [1.54, 1.807) is 0 Å². The fraction of sp³-hybridized carbons (Fsp3) is 0.833. The van der Waals surface area contributed by atoms with Gasteiger partial charge in [0, 0.05) is 6.04 Å². The van der Waals surface area contributed by atoms with Crippen molar-refractivity contribution in [1.29, 1.82) is 0 Å². The number of rotatable bonds is 9. The van der Waals surface area contributed by atoms with E-state index in [9.17, 15) is 0 Å². The molecule has 1 unspecified atom stereocenters. The Labute approximate surface area is 83.6 Å². The summed E-state index contributed by atoms with van der Waals surface area (Å²) in [6.45, 7) is 6.02. The van der Waals surface area contributed by atoms with Crippen LogP contribution in [0.2, 0.25) is 0 Å². The van der Waals surface area contributed by atoms with Gasteiger partial charge in [-0.2, -0.15) is 0 Å². The average Bonchev–Trinajstić information content (AvgIpc) is 2.16. The maximum atomic E-state index is 3.77. The maximum absolute atomic E-state index is 3.77. The lowest BCUT2D eigenvalue weighted by molar-refractivity contribution is 0.488. The first kappa shape index (κ1) is 12.7. The fourth-order valence-electron chi connectivity index (χ4n) is 1.58. The molecule has 0 aliphatic heterocycles. The van der Waals surface area contributed by atoms with Gasteiger partial charge in [-0.05, 0) is 19.9 Å². The number of nitrogens with one attached hydrogen (secondary N) is 1. The van der Waals surface area contributed by atoms with Crippen molar-refractivity contribution in [3.05, 3.63) is 12.7 Å². The van der Waals surface area contributed by atoms with Gasteiger partial charge in [-0.1, -0.05) is 45.1 Å². The fourth-order valence-corrected chi connectivity index (χ4v) is 1.58. The van der Waals surface area contributed by atoms with Crippen LogP contribution in [0.5, 0.6) is 0 Å². The lowest BCUT2D eigenvalue weighted by Crippen LogP contribution is -2.24. The van der Waals surface area contributed by atoms with Crippen molar-refractivity contribution in [1.82, 2.24) is 5.32 Å². The first-order valence-corrected chi connectivity index (χ1v) is 5.63. The molecule has 0 saturated heterocycles.